The Morgan fingerprint density at radius 2 is 2.46 bits per heavy atom. The van der Waals surface area contributed by atoms with Crippen LogP contribution in [0, 0.1) is 0 Å². The fourth-order valence-electron chi connectivity index (χ4n) is 0.708. The molecule has 0 aliphatic rings. The Bertz CT molecular complexity index is 302. The van der Waals surface area contributed by atoms with Crippen molar-refractivity contribution in [2.24, 2.45) is 5.73 Å². The number of hydrogen-bond donors (Lipinski definition) is 1. The monoisotopic (exact) mass is 184 g/mol. The molecule has 0 spiro atoms. The molecule has 0 saturated heterocycles. The normalized spacial score (nSPS) is 9.62. The Morgan fingerprint density at radius 1 is 1.77 bits per heavy atom. The van der Waals surface area contributed by atoms with Gasteiger partial charge in [0.15, 0.2) is 5.27 Å². The van der Waals surface area contributed by atoms with Crippen LogP contribution in [0.25, 0.3) is 5.32 Å². The third-order valence-electron chi connectivity index (χ3n) is 1.08. The van der Waals surface area contributed by atoms with Crippen LogP contribution in [0.4, 0.5) is 5.88 Å². The Kier molecular flexibility index (Phi) is 2.58. The summed E-state index contributed by atoms with van der Waals surface area (Å²) in [5.41, 5.74) is 4.90. The zero-order chi connectivity index (χ0) is 9.84. The minimum Gasteiger partial charge on any atom is -0.589 e. The summed E-state index contributed by atoms with van der Waals surface area (Å²) in [6, 6.07) is 0. The van der Waals surface area contributed by atoms with Crippen molar-refractivity contribution in [2.75, 3.05) is 0 Å². The van der Waals surface area contributed by atoms with Gasteiger partial charge in [-0.3, -0.25) is 4.79 Å². The van der Waals surface area contributed by atoms with Crippen molar-refractivity contribution in [1.82, 2.24) is 5.27 Å². The third kappa shape index (κ3) is 2.89. The summed E-state index contributed by atoms with van der Waals surface area (Å²) in [5.74, 6) is -0.899. The van der Waals surface area contributed by atoms with Gasteiger partial charge in [-0.1, -0.05) is 0 Å². The lowest BCUT2D eigenvalue weighted by Crippen LogP contribution is -2.41. The first-order chi connectivity index (χ1) is 6.08. The van der Waals surface area contributed by atoms with E-state index in [1.807, 2.05) is 0 Å². The van der Waals surface area contributed by atoms with Crippen LogP contribution in [0.1, 0.15) is 6.92 Å². The Morgan fingerprint density at radius 3 is 3.00 bits per heavy atom. The third-order valence-corrected chi connectivity index (χ3v) is 1.08. The van der Waals surface area contributed by atoms with Crippen LogP contribution in [0.15, 0.2) is 10.7 Å². The molecular weight excluding hydrogens is 176 g/mol. The lowest BCUT2D eigenvalue weighted by Gasteiger charge is -2.05. The maximum absolute atomic E-state index is 10.5. The van der Waals surface area contributed by atoms with Gasteiger partial charge in [-0.05, 0) is 11.6 Å². The van der Waals surface area contributed by atoms with Crippen molar-refractivity contribution in [2.45, 2.75) is 13.5 Å². The van der Waals surface area contributed by atoms with Crippen LogP contribution >= 0.6 is 0 Å². The average molecular weight is 184 g/mol. The molecule has 7 heteroatoms. The van der Waals surface area contributed by atoms with E-state index in [1.165, 1.54) is 13.1 Å². The van der Waals surface area contributed by atoms with E-state index in [0.29, 0.717) is 0 Å². The fourth-order valence-corrected chi connectivity index (χ4v) is 0.708. The summed E-state index contributed by atoms with van der Waals surface area (Å²) in [7, 11) is 0. The summed E-state index contributed by atoms with van der Waals surface area (Å²) in [6.45, 7) is 1.18. The molecule has 1 aromatic rings. The first kappa shape index (κ1) is 9.17. The molecule has 0 aliphatic carbocycles. The number of amides is 2. The van der Waals surface area contributed by atoms with Gasteiger partial charge in [0, 0.05) is 0 Å². The first-order valence-corrected chi connectivity index (χ1v) is 3.45. The summed E-state index contributed by atoms with van der Waals surface area (Å²) < 4.78 is 5.75. The second kappa shape index (κ2) is 3.65. The predicted octanol–water partition coefficient (Wildman–Crippen LogP) is -1.00. The number of nitrogens with two attached hydrogens (primary N) is 1. The van der Waals surface area contributed by atoms with E-state index in [2.05, 4.69) is 15.1 Å². The molecule has 1 rings (SSSR count). The number of carbonyl (C=O) groups is 2. The molecule has 0 aromatic carbocycles. The van der Waals surface area contributed by atoms with Gasteiger partial charge in [0.2, 0.25) is 6.20 Å². The largest absolute Gasteiger partial charge is 0.589 e. The summed E-state index contributed by atoms with van der Waals surface area (Å²) in [4.78, 5) is 20.9. The molecule has 0 fully saturated rings. The van der Waals surface area contributed by atoms with Crippen LogP contribution in [0.3, 0.4) is 0 Å². The van der Waals surface area contributed by atoms with Crippen molar-refractivity contribution < 1.29 is 18.8 Å². The van der Waals surface area contributed by atoms with E-state index >= 15 is 0 Å². The van der Waals surface area contributed by atoms with E-state index in [1.54, 1.807) is 0 Å². The van der Waals surface area contributed by atoms with E-state index in [9.17, 15) is 9.59 Å². The quantitative estimate of drug-likeness (QED) is 0.608. The number of nitrogens with zero attached hydrogens (tertiary/aromatic N) is 3. The summed E-state index contributed by atoms with van der Waals surface area (Å²) >= 11 is 0. The molecule has 1 heterocycles. The molecule has 0 bridgehead atoms. The molecule has 0 aliphatic heterocycles. The maximum atomic E-state index is 10.5. The minimum absolute atomic E-state index is 0.0498. The number of rotatable bonds is 3. The lowest BCUT2D eigenvalue weighted by molar-refractivity contribution is -0.750. The topological polar surface area (TPSA) is 104 Å². The number of primary amides is 1. The minimum atomic E-state index is -0.548. The molecule has 7 nitrogen and oxygen atoms in total. The van der Waals surface area contributed by atoms with Crippen LogP contribution in [0.5, 0.6) is 0 Å². The highest BCUT2D eigenvalue weighted by Crippen LogP contribution is 2.12. The molecular formula is C6H8N4O3. The predicted molar refractivity (Wildman–Crippen MR) is 39.6 cm³/mol. The fraction of sp³-hybridized carbons (Fsp3) is 0.333. The smallest absolute Gasteiger partial charge is 0.286 e. The van der Waals surface area contributed by atoms with Crippen LogP contribution < -0.4 is 10.4 Å². The van der Waals surface area contributed by atoms with Crippen LogP contribution in [-0.4, -0.2) is 17.1 Å². The first-order valence-electron chi connectivity index (χ1n) is 3.45. The zero-order valence-electron chi connectivity index (χ0n) is 6.93. The van der Waals surface area contributed by atoms with Crippen molar-refractivity contribution in [3.8, 4) is 0 Å². The Balaban J connectivity index is 2.63. The molecule has 2 N–H and O–H groups in total. The molecule has 70 valence electrons. The molecule has 0 unspecified atom stereocenters. The van der Waals surface area contributed by atoms with Crippen molar-refractivity contribution >= 4 is 17.7 Å². The van der Waals surface area contributed by atoms with Gasteiger partial charge >= 0.3 is 0 Å². The van der Waals surface area contributed by atoms with Crippen molar-refractivity contribution in [3.05, 3.63) is 11.5 Å². The second-order valence-electron chi connectivity index (χ2n) is 2.33. The molecule has 0 saturated carbocycles. The van der Waals surface area contributed by atoms with Crippen LogP contribution in [0.2, 0.25) is 0 Å². The Hall–Kier alpha value is -1.92. The van der Waals surface area contributed by atoms with Gasteiger partial charge in [-0.2, -0.15) is 0 Å². The van der Waals surface area contributed by atoms with Gasteiger partial charge in [0.25, 0.3) is 12.5 Å². The van der Waals surface area contributed by atoms with E-state index in [-0.39, 0.29) is 12.4 Å². The average Bonchev–Trinajstić information content (AvgIpc) is 2.33. The van der Waals surface area contributed by atoms with Gasteiger partial charge in [0.05, 0.1) is 5.91 Å². The lowest BCUT2D eigenvalue weighted by atomic mass is 10.6. The summed E-state index contributed by atoms with van der Waals surface area (Å²) in [5, 5.41) is 6.85. The standard InChI is InChI=1S/C6H8N4O3/c1-4(11)8-6-3-10(9-13-6)2-5(7)12/h3H,2H2,1H3,(H2-,7,8,9,11,12). The van der Waals surface area contributed by atoms with Gasteiger partial charge in [-0.15, -0.1) is 0 Å². The van der Waals surface area contributed by atoms with E-state index < -0.39 is 11.8 Å². The number of carbonyl (C=O) groups excluding carboxylic acids is 2. The van der Waals surface area contributed by atoms with Gasteiger partial charge in [0.1, 0.15) is 5.88 Å². The second-order valence-corrected chi connectivity index (χ2v) is 2.33. The molecule has 0 atom stereocenters. The highest BCUT2D eigenvalue weighted by Gasteiger charge is 2.09. The van der Waals surface area contributed by atoms with E-state index in [0.717, 1.165) is 4.68 Å². The van der Waals surface area contributed by atoms with E-state index in [4.69, 9.17) is 5.73 Å². The van der Waals surface area contributed by atoms with Gasteiger partial charge < -0.3 is 20.4 Å². The molecule has 0 radical (unpaired) electrons. The highest BCUT2D eigenvalue weighted by atomic mass is 16.5. The van der Waals surface area contributed by atoms with Crippen molar-refractivity contribution in [3.63, 3.8) is 0 Å². The van der Waals surface area contributed by atoms with Crippen LogP contribution in [-0.2, 0) is 16.1 Å². The molecule has 2 amide bonds. The highest BCUT2D eigenvalue weighted by molar-refractivity contribution is 5.92. The number of hydrogen-bond acceptors (Lipinski definition) is 4. The number of aromatic nitrogens is 2. The molecule has 13 heavy (non-hydrogen) atoms. The summed E-state index contributed by atoms with van der Waals surface area (Å²) in [6.07, 6.45) is 1.31. The SMILES string of the molecule is CC(=O)[N-]c1c[n+](CC(N)=O)no1. The maximum Gasteiger partial charge on any atom is 0.286 e. The van der Waals surface area contributed by atoms with Gasteiger partial charge in [-0.25, -0.2) is 0 Å². The Labute approximate surface area is 73.5 Å². The van der Waals surface area contributed by atoms with Crippen molar-refractivity contribution in [1.29, 1.82) is 0 Å². The molecule has 1 aromatic heterocycles. The zero-order valence-corrected chi connectivity index (χ0v) is 6.93.